The SMILES string of the molecule is CC(CO)CS(=O)(=O)Cc1coc(-c2ccccc2)n1. The number of hydrogen-bond acceptors (Lipinski definition) is 5. The first-order valence-electron chi connectivity index (χ1n) is 6.31. The molecule has 0 bridgehead atoms. The molecule has 2 rings (SSSR count). The fourth-order valence-corrected chi connectivity index (χ4v) is 3.53. The van der Waals surface area contributed by atoms with Gasteiger partial charge < -0.3 is 9.52 Å². The Bertz CT molecular complexity index is 649. The van der Waals surface area contributed by atoms with Crippen molar-refractivity contribution in [2.45, 2.75) is 12.7 Å². The zero-order valence-corrected chi connectivity index (χ0v) is 12.0. The molecule has 1 atom stereocenters. The number of oxazole rings is 1. The number of sulfone groups is 1. The van der Waals surface area contributed by atoms with Crippen molar-refractivity contribution in [3.63, 3.8) is 0 Å². The van der Waals surface area contributed by atoms with Gasteiger partial charge in [-0.3, -0.25) is 0 Å². The summed E-state index contributed by atoms with van der Waals surface area (Å²) in [7, 11) is -3.30. The first kappa shape index (κ1) is 14.7. The summed E-state index contributed by atoms with van der Waals surface area (Å²) < 4.78 is 29.1. The first-order valence-corrected chi connectivity index (χ1v) is 8.13. The van der Waals surface area contributed by atoms with Crippen LogP contribution in [0.4, 0.5) is 0 Å². The normalized spacial score (nSPS) is 13.3. The van der Waals surface area contributed by atoms with Crippen LogP contribution in [0.1, 0.15) is 12.6 Å². The Morgan fingerprint density at radius 1 is 1.30 bits per heavy atom. The van der Waals surface area contributed by atoms with Gasteiger partial charge in [-0.05, 0) is 18.1 Å². The molecule has 0 spiro atoms. The van der Waals surface area contributed by atoms with Crippen molar-refractivity contribution in [1.82, 2.24) is 4.98 Å². The topological polar surface area (TPSA) is 80.4 Å². The summed E-state index contributed by atoms with van der Waals surface area (Å²) in [4.78, 5) is 4.19. The number of aromatic nitrogens is 1. The van der Waals surface area contributed by atoms with Crippen molar-refractivity contribution in [1.29, 1.82) is 0 Å². The third-order valence-corrected chi connectivity index (χ3v) is 4.60. The molecule has 0 radical (unpaired) electrons. The molecule has 1 heterocycles. The number of rotatable bonds is 6. The van der Waals surface area contributed by atoms with Crippen LogP contribution in [0.2, 0.25) is 0 Å². The van der Waals surface area contributed by atoms with Gasteiger partial charge in [0.15, 0.2) is 9.84 Å². The highest BCUT2D eigenvalue weighted by atomic mass is 32.2. The number of aliphatic hydroxyl groups is 1. The van der Waals surface area contributed by atoms with Gasteiger partial charge in [-0.2, -0.15) is 0 Å². The Morgan fingerprint density at radius 2 is 2.00 bits per heavy atom. The lowest BCUT2D eigenvalue weighted by Crippen LogP contribution is -2.18. The van der Waals surface area contributed by atoms with Crippen LogP contribution in [0.25, 0.3) is 11.5 Å². The smallest absolute Gasteiger partial charge is 0.226 e. The summed E-state index contributed by atoms with van der Waals surface area (Å²) in [6.45, 7) is 1.54. The average Bonchev–Trinajstić information content (AvgIpc) is 2.86. The quantitative estimate of drug-likeness (QED) is 0.880. The van der Waals surface area contributed by atoms with Gasteiger partial charge in [-0.25, -0.2) is 13.4 Å². The van der Waals surface area contributed by atoms with Crippen LogP contribution in [-0.2, 0) is 15.6 Å². The van der Waals surface area contributed by atoms with Crippen LogP contribution in [0.15, 0.2) is 41.0 Å². The van der Waals surface area contributed by atoms with E-state index >= 15 is 0 Å². The van der Waals surface area contributed by atoms with Crippen molar-refractivity contribution in [3.05, 3.63) is 42.3 Å². The second kappa shape index (κ2) is 6.19. The van der Waals surface area contributed by atoms with E-state index in [4.69, 9.17) is 9.52 Å². The molecular weight excluding hydrogens is 278 g/mol. The molecule has 0 saturated carbocycles. The zero-order valence-electron chi connectivity index (χ0n) is 11.2. The molecule has 0 aliphatic heterocycles. The lowest BCUT2D eigenvalue weighted by Gasteiger charge is -2.07. The van der Waals surface area contributed by atoms with Gasteiger partial charge >= 0.3 is 0 Å². The van der Waals surface area contributed by atoms with E-state index in [1.165, 1.54) is 6.26 Å². The standard InChI is InChI=1S/C14H17NO4S/c1-11(7-16)9-20(17,18)10-13-8-19-14(15-13)12-5-3-2-4-6-12/h2-6,8,11,16H,7,9-10H2,1H3. The van der Waals surface area contributed by atoms with Crippen molar-refractivity contribution in [3.8, 4) is 11.5 Å². The van der Waals surface area contributed by atoms with Gasteiger partial charge in [0.05, 0.1) is 17.2 Å². The maximum atomic E-state index is 11.9. The van der Waals surface area contributed by atoms with E-state index < -0.39 is 9.84 Å². The summed E-state index contributed by atoms with van der Waals surface area (Å²) >= 11 is 0. The van der Waals surface area contributed by atoms with E-state index in [-0.39, 0.29) is 24.0 Å². The fourth-order valence-electron chi connectivity index (χ4n) is 1.86. The van der Waals surface area contributed by atoms with Crippen LogP contribution in [0.5, 0.6) is 0 Å². The molecule has 0 aliphatic carbocycles. The predicted octanol–water partition coefficient (Wildman–Crippen LogP) is 1.88. The molecule has 1 unspecified atom stereocenters. The highest BCUT2D eigenvalue weighted by Crippen LogP contribution is 2.19. The Kier molecular flexibility index (Phi) is 4.57. The first-order chi connectivity index (χ1) is 9.50. The second-order valence-electron chi connectivity index (χ2n) is 4.85. The van der Waals surface area contributed by atoms with Crippen LogP contribution in [-0.4, -0.2) is 30.9 Å². The molecule has 5 nitrogen and oxygen atoms in total. The Morgan fingerprint density at radius 3 is 2.65 bits per heavy atom. The molecule has 108 valence electrons. The predicted molar refractivity (Wildman–Crippen MR) is 75.7 cm³/mol. The van der Waals surface area contributed by atoms with Crippen molar-refractivity contribution >= 4 is 9.84 Å². The largest absolute Gasteiger partial charge is 0.444 e. The Labute approximate surface area is 118 Å². The zero-order chi connectivity index (χ0) is 14.6. The molecule has 0 saturated heterocycles. The number of hydrogen-bond donors (Lipinski definition) is 1. The highest BCUT2D eigenvalue weighted by Gasteiger charge is 2.18. The highest BCUT2D eigenvalue weighted by molar-refractivity contribution is 7.90. The van der Waals surface area contributed by atoms with Gasteiger partial charge in [0, 0.05) is 12.2 Å². The maximum Gasteiger partial charge on any atom is 0.226 e. The lowest BCUT2D eigenvalue weighted by molar-refractivity contribution is 0.249. The van der Waals surface area contributed by atoms with E-state index in [0.717, 1.165) is 5.56 Å². The molecule has 20 heavy (non-hydrogen) atoms. The molecule has 2 aromatic rings. The lowest BCUT2D eigenvalue weighted by atomic mass is 10.2. The molecule has 0 amide bonds. The van der Waals surface area contributed by atoms with E-state index in [1.54, 1.807) is 6.92 Å². The monoisotopic (exact) mass is 295 g/mol. The third-order valence-electron chi connectivity index (χ3n) is 2.79. The maximum absolute atomic E-state index is 11.9. The van der Waals surface area contributed by atoms with Crippen molar-refractivity contribution in [2.75, 3.05) is 12.4 Å². The van der Waals surface area contributed by atoms with Gasteiger partial charge in [0.25, 0.3) is 0 Å². The molecule has 6 heteroatoms. The molecule has 1 N–H and O–H groups in total. The fraction of sp³-hybridized carbons (Fsp3) is 0.357. The van der Waals surface area contributed by atoms with E-state index in [2.05, 4.69) is 4.98 Å². The average molecular weight is 295 g/mol. The van der Waals surface area contributed by atoms with Crippen LogP contribution < -0.4 is 0 Å². The molecule has 0 aliphatic rings. The number of benzene rings is 1. The summed E-state index contributed by atoms with van der Waals surface area (Å²) in [6, 6.07) is 9.29. The van der Waals surface area contributed by atoms with Gasteiger partial charge in [-0.15, -0.1) is 0 Å². The second-order valence-corrected chi connectivity index (χ2v) is 6.96. The minimum Gasteiger partial charge on any atom is -0.444 e. The number of nitrogens with zero attached hydrogens (tertiary/aromatic N) is 1. The minimum atomic E-state index is -3.30. The summed E-state index contributed by atoms with van der Waals surface area (Å²) in [5, 5.41) is 8.92. The van der Waals surface area contributed by atoms with Crippen LogP contribution in [0.3, 0.4) is 0 Å². The van der Waals surface area contributed by atoms with E-state index in [9.17, 15) is 8.42 Å². The molecule has 1 aromatic carbocycles. The number of aliphatic hydroxyl groups excluding tert-OH is 1. The van der Waals surface area contributed by atoms with Gasteiger partial charge in [0.1, 0.15) is 6.26 Å². The Balaban J connectivity index is 2.10. The van der Waals surface area contributed by atoms with Crippen molar-refractivity contribution in [2.24, 2.45) is 5.92 Å². The molecule has 1 aromatic heterocycles. The minimum absolute atomic E-state index is 0.0585. The van der Waals surface area contributed by atoms with Crippen LogP contribution in [0, 0.1) is 5.92 Å². The molecular formula is C14H17NO4S. The summed E-state index contributed by atoms with van der Waals surface area (Å²) in [5.41, 5.74) is 1.19. The van der Waals surface area contributed by atoms with Gasteiger partial charge in [-0.1, -0.05) is 25.1 Å². The summed E-state index contributed by atoms with van der Waals surface area (Å²) in [6.07, 6.45) is 1.36. The van der Waals surface area contributed by atoms with Crippen molar-refractivity contribution < 1.29 is 17.9 Å². The molecule has 0 fully saturated rings. The Hall–Kier alpha value is -1.66. The van der Waals surface area contributed by atoms with Gasteiger partial charge in [0.2, 0.25) is 5.89 Å². The van der Waals surface area contributed by atoms with E-state index in [1.807, 2.05) is 30.3 Å². The van der Waals surface area contributed by atoms with E-state index in [0.29, 0.717) is 11.6 Å². The third kappa shape index (κ3) is 3.91. The summed E-state index contributed by atoms with van der Waals surface area (Å²) in [5.74, 6) is -0.100. The van der Waals surface area contributed by atoms with Crippen LogP contribution >= 0.6 is 0 Å².